The number of carbonyl (C=O) groups is 2. The van der Waals surface area contributed by atoms with E-state index in [1.165, 1.54) is 6.08 Å². The molecule has 1 rings (SSSR count). The van der Waals surface area contributed by atoms with Crippen molar-refractivity contribution in [2.45, 2.75) is 19.8 Å². The molecule has 0 aliphatic carbocycles. The third kappa shape index (κ3) is 8.21. The minimum Gasteiger partial charge on any atom is -0.466 e. The van der Waals surface area contributed by atoms with Crippen molar-refractivity contribution in [3.63, 3.8) is 0 Å². The Morgan fingerprint density at radius 1 is 1.26 bits per heavy atom. The number of nitrogens with zero attached hydrogens (tertiary/aromatic N) is 2. The quantitative estimate of drug-likeness (QED) is 0.487. The summed E-state index contributed by atoms with van der Waals surface area (Å²) in [6, 6.07) is 3.54. The molecular formula is C17H26N2O4. The van der Waals surface area contributed by atoms with Crippen molar-refractivity contribution in [1.82, 2.24) is 9.80 Å². The molecule has 0 saturated heterocycles. The molecule has 6 nitrogen and oxygen atoms in total. The van der Waals surface area contributed by atoms with E-state index >= 15 is 0 Å². The van der Waals surface area contributed by atoms with E-state index in [4.69, 9.17) is 9.15 Å². The van der Waals surface area contributed by atoms with E-state index in [-0.39, 0.29) is 18.3 Å². The first-order valence-electron chi connectivity index (χ1n) is 7.83. The Morgan fingerprint density at radius 2 is 2.04 bits per heavy atom. The van der Waals surface area contributed by atoms with Gasteiger partial charge in [-0.25, -0.2) is 0 Å². The number of hydrogen-bond donors (Lipinski definition) is 0. The fraction of sp³-hybridized carbons (Fsp3) is 0.529. The topological polar surface area (TPSA) is 63.0 Å². The van der Waals surface area contributed by atoms with Crippen molar-refractivity contribution in [1.29, 1.82) is 0 Å². The third-order valence-corrected chi connectivity index (χ3v) is 3.17. The average Bonchev–Trinajstić information content (AvgIpc) is 3.01. The number of carbonyl (C=O) groups excluding carboxylic acids is 2. The highest BCUT2D eigenvalue weighted by Gasteiger charge is 2.13. The van der Waals surface area contributed by atoms with Crippen LogP contribution >= 0.6 is 0 Å². The standard InChI is InChI=1S/C17H26N2O4/c1-4-22-17(21)10-13-19(12-6-11-18(2)3)16(20)9-8-15-7-5-14-23-15/h5,7-9,14H,4,6,10-13H2,1-3H3/b9-8+. The molecule has 23 heavy (non-hydrogen) atoms. The van der Waals surface area contributed by atoms with Crippen LogP contribution < -0.4 is 0 Å². The lowest BCUT2D eigenvalue weighted by Crippen LogP contribution is -2.34. The largest absolute Gasteiger partial charge is 0.466 e. The van der Waals surface area contributed by atoms with Gasteiger partial charge in [-0.1, -0.05) is 0 Å². The van der Waals surface area contributed by atoms with Gasteiger partial charge in [0, 0.05) is 19.2 Å². The van der Waals surface area contributed by atoms with Crippen LogP contribution in [0.15, 0.2) is 28.9 Å². The van der Waals surface area contributed by atoms with Crippen LogP contribution in [-0.4, -0.2) is 62.0 Å². The predicted octanol–water partition coefficient (Wildman–Crippen LogP) is 2.03. The van der Waals surface area contributed by atoms with Crippen molar-refractivity contribution in [2.24, 2.45) is 0 Å². The maximum atomic E-state index is 12.3. The van der Waals surface area contributed by atoms with E-state index in [2.05, 4.69) is 4.90 Å². The molecule has 0 bridgehead atoms. The summed E-state index contributed by atoms with van der Waals surface area (Å²) >= 11 is 0. The lowest BCUT2D eigenvalue weighted by Gasteiger charge is -2.21. The second kappa shape index (κ2) is 10.6. The first-order valence-corrected chi connectivity index (χ1v) is 7.83. The van der Waals surface area contributed by atoms with Gasteiger partial charge in [0.15, 0.2) is 0 Å². The molecule has 1 aromatic rings. The summed E-state index contributed by atoms with van der Waals surface area (Å²) in [5.41, 5.74) is 0. The highest BCUT2D eigenvalue weighted by Crippen LogP contribution is 2.05. The molecule has 0 N–H and O–H groups in total. The van der Waals surface area contributed by atoms with E-state index in [0.29, 0.717) is 25.5 Å². The zero-order chi connectivity index (χ0) is 17.1. The first-order chi connectivity index (χ1) is 11.0. The Hall–Kier alpha value is -2.08. The van der Waals surface area contributed by atoms with E-state index in [1.54, 1.807) is 36.3 Å². The van der Waals surface area contributed by atoms with Gasteiger partial charge in [-0.15, -0.1) is 0 Å². The second-order valence-electron chi connectivity index (χ2n) is 5.39. The van der Waals surface area contributed by atoms with Crippen LogP contribution in [0.2, 0.25) is 0 Å². The predicted molar refractivity (Wildman–Crippen MR) is 88.7 cm³/mol. The molecule has 1 aromatic heterocycles. The highest BCUT2D eigenvalue weighted by atomic mass is 16.5. The van der Waals surface area contributed by atoms with Crippen LogP contribution in [0.4, 0.5) is 0 Å². The average molecular weight is 322 g/mol. The van der Waals surface area contributed by atoms with Crippen molar-refractivity contribution < 1.29 is 18.7 Å². The van der Waals surface area contributed by atoms with Crippen molar-refractivity contribution in [2.75, 3.05) is 40.3 Å². The summed E-state index contributed by atoms with van der Waals surface area (Å²) in [5, 5.41) is 0. The molecule has 0 spiro atoms. The van der Waals surface area contributed by atoms with Crippen LogP contribution in [0.25, 0.3) is 6.08 Å². The minimum absolute atomic E-state index is 0.135. The van der Waals surface area contributed by atoms with E-state index < -0.39 is 0 Å². The van der Waals surface area contributed by atoms with Gasteiger partial charge in [0.05, 0.1) is 19.3 Å². The van der Waals surface area contributed by atoms with Crippen LogP contribution in [-0.2, 0) is 14.3 Å². The van der Waals surface area contributed by atoms with Crippen LogP contribution in [0.1, 0.15) is 25.5 Å². The van der Waals surface area contributed by atoms with Gasteiger partial charge in [0.2, 0.25) is 5.91 Å². The molecule has 1 amide bonds. The van der Waals surface area contributed by atoms with Crippen molar-refractivity contribution in [3.05, 3.63) is 30.2 Å². The fourth-order valence-electron chi connectivity index (χ4n) is 2.01. The van der Waals surface area contributed by atoms with Gasteiger partial charge < -0.3 is 19.0 Å². The van der Waals surface area contributed by atoms with Crippen LogP contribution in [0.5, 0.6) is 0 Å². The summed E-state index contributed by atoms with van der Waals surface area (Å²) in [5.74, 6) is 0.203. The molecule has 0 atom stereocenters. The number of furan rings is 1. The van der Waals surface area contributed by atoms with Crippen LogP contribution in [0, 0.1) is 0 Å². The third-order valence-electron chi connectivity index (χ3n) is 3.17. The van der Waals surface area contributed by atoms with Gasteiger partial charge in [0.1, 0.15) is 5.76 Å². The molecule has 0 aromatic carbocycles. The van der Waals surface area contributed by atoms with Gasteiger partial charge in [-0.3, -0.25) is 9.59 Å². The monoisotopic (exact) mass is 322 g/mol. The molecule has 0 saturated carbocycles. The Balaban J connectivity index is 2.57. The molecule has 6 heteroatoms. The molecule has 0 aliphatic heterocycles. The normalized spacial score (nSPS) is 11.1. The number of rotatable bonds is 10. The molecule has 128 valence electrons. The zero-order valence-electron chi connectivity index (χ0n) is 14.2. The van der Waals surface area contributed by atoms with Gasteiger partial charge in [-0.05, 0) is 52.2 Å². The fourth-order valence-corrected chi connectivity index (χ4v) is 2.01. The summed E-state index contributed by atoms with van der Waals surface area (Å²) in [7, 11) is 3.98. The number of hydrogen-bond acceptors (Lipinski definition) is 5. The number of ether oxygens (including phenoxy) is 1. The van der Waals surface area contributed by atoms with E-state index in [0.717, 1.165) is 13.0 Å². The molecule has 0 unspecified atom stereocenters. The SMILES string of the molecule is CCOC(=O)CCN(CCCN(C)C)C(=O)/C=C/c1ccco1. The Morgan fingerprint density at radius 3 is 2.65 bits per heavy atom. The minimum atomic E-state index is -0.284. The smallest absolute Gasteiger partial charge is 0.307 e. The summed E-state index contributed by atoms with van der Waals surface area (Å²) in [6.45, 7) is 3.95. The summed E-state index contributed by atoms with van der Waals surface area (Å²) in [6.07, 6.45) is 5.71. The van der Waals surface area contributed by atoms with Crippen molar-refractivity contribution >= 4 is 18.0 Å². The van der Waals surface area contributed by atoms with E-state index in [9.17, 15) is 9.59 Å². The molecular weight excluding hydrogens is 296 g/mol. The maximum Gasteiger partial charge on any atom is 0.307 e. The summed E-state index contributed by atoms with van der Waals surface area (Å²) in [4.78, 5) is 27.5. The Labute approximate surface area is 137 Å². The summed E-state index contributed by atoms with van der Waals surface area (Å²) < 4.78 is 10.1. The Bertz CT molecular complexity index is 495. The Kier molecular flexibility index (Phi) is 8.75. The van der Waals surface area contributed by atoms with Gasteiger partial charge in [0.25, 0.3) is 0 Å². The maximum absolute atomic E-state index is 12.3. The molecule has 1 heterocycles. The lowest BCUT2D eigenvalue weighted by molar-refractivity contribution is -0.143. The number of amides is 1. The van der Waals surface area contributed by atoms with Gasteiger partial charge in [-0.2, -0.15) is 0 Å². The first kappa shape index (κ1) is 19.0. The molecule has 0 aliphatic rings. The number of esters is 1. The zero-order valence-corrected chi connectivity index (χ0v) is 14.2. The van der Waals surface area contributed by atoms with Gasteiger partial charge >= 0.3 is 5.97 Å². The molecule has 0 radical (unpaired) electrons. The van der Waals surface area contributed by atoms with Crippen LogP contribution in [0.3, 0.4) is 0 Å². The molecule has 0 fully saturated rings. The lowest BCUT2D eigenvalue weighted by atomic mass is 10.3. The van der Waals surface area contributed by atoms with E-state index in [1.807, 2.05) is 14.1 Å². The second-order valence-corrected chi connectivity index (χ2v) is 5.39. The highest BCUT2D eigenvalue weighted by molar-refractivity contribution is 5.91. The van der Waals surface area contributed by atoms with Crippen molar-refractivity contribution in [3.8, 4) is 0 Å².